The summed E-state index contributed by atoms with van der Waals surface area (Å²) in [5.74, 6) is 0.818. The standard InChI is InChI=1S/C66H42N4/c1-5-17-52-45(13-1)35-58(56-21-9-7-19-54(52)56)49-37-60(59-36-46-14-2-6-18-53(46)55-20-8-10-22-57(55)59)65-61(38-49)64(43-29-25-41(26-30-43)50-33-47-15-3-11-23-62(47)67-39-50)69-66(70-65)44-31-27-42(28-32-44)51-34-48-16-4-12-24-63(48)68-40-51/h1-40,64H,(H,69,70). The van der Waals surface area contributed by atoms with Crippen molar-refractivity contribution in [3.05, 3.63) is 260 Å². The third-order valence-electron chi connectivity index (χ3n) is 14.3. The first-order chi connectivity index (χ1) is 34.7. The lowest BCUT2D eigenvalue weighted by molar-refractivity contribution is 0.750. The van der Waals surface area contributed by atoms with Gasteiger partial charge in [0.1, 0.15) is 5.84 Å². The van der Waals surface area contributed by atoms with Crippen molar-refractivity contribution in [3.8, 4) is 44.5 Å². The van der Waals surface area contributed by atoms with Gasteiger partial charge in [-0.05, 0) is 125 Å². The van der Waals surface area contributed by atoms with Crippen LogP contribution >= 0.6 is 0 Å². The summed E-state index contributed by atoms with van der Waals surface area (Å²) in [6.07, 6.45) is 3.95. The molecule has 0 radical (unpaired) electrons. The maximum Gasteiger partial charge on any atom is 0.134 e. The number of pyridine rings is 2. The Labute approximate surface area is 404 Å². The first-order valence-corrected chi connectivity index (χ1v) is 23.9. The molecule has 4 heteroatoms. The van der Waals surface area contributed by atoms with Gasteiger partial charge in [-0.1, -0.05) is 182 Å². The SMILES string of the molecule is c1ccc2ncc(-c3ccc(C4=Nc5c(-c6cc7ccccc7c7ccccc67)cc(-c6cc7ccccc7c7ccccc67)cc5C(c5ccc(-c6cnc7ccccc7c6)cc5)N4)cc3)cc2c1. The molecule has 70 heavy (non-hydrogen) atoms. The van der Waals surface area contributed by atoms with E-state index in [1.165, 1.54) is 48.7 Å². The highest BCUT2D eigenvalue weighted by atomic mass is 15.1. The fourth-order valence-corrected chi connectivity index (χ4v) is 10.8. The molecule has 2 aromatic heterocycles. The van der Waals surface area contributed by atoms with Gasteiger partial charge in [-0.2, -0.15) is 0 Å². The van der Waals surface area contributed by atoms with Crippen molar-refractivity contribution >= 4 is 76.4 Å². The molecule has 0 aliphatic carbocycles. The predicted octanol–water partition coefficient (Wildman–Crippen LogP) is 16.8. The minimum absolute atomic E-state index is 0.243. The lowest BCUT2D eigenvalue weighted by atomic mass is 9.84. The summed E-state index contributed by atoms with van der Waals surface area (Å²) in [5.41, 5.74) is 15.2. The van der Waals surface area contributed by atoms with E-state index in [4.69, 9.17) is 15.0 Å². The van der Waals surface area contributed by atoms with Crippen LogP contribution in [0.3, 0.4) is 0 Å². The number of hydrogen-bond acceptors (Lipinski definition) is 4. The van der Waals surface area contributed by atoms with Crippen molar-refractivity contribution in [3.63, 3.8) is 0 Å². The van der Waals surface area contributed by atoms with Gasteiger partial charge in [-0.3, -0.25) is 9.97 Å². The Hall–Kier alpha value is -9.25. The third-order valence-corrected chi connectivity index (χ3v) is 14.3. The lowest BCUT2D eigenvalue weighted by Crippen LogP contribution is -2.33. The molecule has 1 aliphatic heterocycles. The van der Waals surface area contributed by atoms with Crippen LogP contribution in [-0.4, -0.2) is 15.8 Å². The van der Waals surface area contributed by atoms with Gasteiger partial charge in [-0.15, -0.1) is 0 Å². The van der Waals surface area contributed by atoms with Gasteiger partial charge >= 0.3 is 0 Å². The summed E-state index contributed by atoms with van der Waals surface area (Å²) >= 11 is 0. The third kappa shape index (κ3) is 6.72. The van der Waals surface area contributed by atoms with E-state index in [-0.39, 0.29) is 6.04 Å². The molecule has 13 aromatic rings. The number of benzene rings is 11. The number of nitrogens with one attached hydrogen (secondary N) is 1. The molecule has 0 fully saturated rings. The fourth-order valence-electron chi connectivity index (χ4n) is 10.8. The van der Waals surface area contributed by atoms with E-state index in [9.17, 15) is 0 Å². The first kappa shape index (κ1) is 39.9. The molecule has 4 nitrogen and oxygen atoms in total. The number of aliphatic imine (C=N–C) groups is 1. The van der Waals surface area contributed by atoms with Crippen molar-refractivity contribution < 1.29 is 0 Å². The zero-order valence-corrected chi connectivity index (χ0v) is 38.0. The maximum atomic E-state index is 5.72. The van der Waals surface area contributed by atoms with Gasteiger partial charge < -0.3 is 5.32 Å². The van der Waals surface area contributed by atoms with Crippen LogP contribution < -0.4 is 5.32 Å². The molecule has 1 aliphatic rings. The van der Waals surface area contributed by atoms with Gasteiger partial charge in [0.15, 0.2) is 0 Å². The number of aromatic nitrogens is 2. The molecular formula is C66H42N4. The molecule has 0 saturated carbocycles. The molecule has 1 N–H and O–H groups in total. The van der Waals surface area contributed by atoms with E-state index in [1.807, 2.05) is 24.5 Å². The van der Waals surface area contributed by atoms with Gasteiger partial charge in [-0.25, -0.2) is 4.99 Å². The normalized spacial score (nSPS) is 13.5. The summed E-state index contributed by atoms with van der Waals surface area (Å²) in [6.45, 7) is 0. The molecule has 0 saturated heterocycles. The van der Waals surface area contributed by atoms with E-state index >= 15 is 0 Å². The van der Waals surface area contributed by atoms with Gasteiger partial charge in [0.05, 0.1) is 22.8 Å². The highest BCUT2D eigenvalue weighted by Crippen LogP contribution is 2.48. The molecule has 11 aromatic carbocycles. The molecule has 3 heterocycles. The summed E-state index contributed by atoms with van der Waals surface area (Å²) in [4.78, 5) is 15.3. The van der Waals surface area contributed by atoms with Crippen LogP contribution in [0.25, 0.3) is 109 Å². The molecule has 0 bridgehead atoms. The van der Waals surface area contributed by atoms with Crippen molar-refractivity contribution in [2.24, 2.45) is 4.99 Å². The Bertz CT molecular complexity index is 4270. The number of amidine groups is 1. The van der Waals surface area contributed by atoms with Crippen LogP contribution in [0, 0.1) is 0 Å². The largest absolute Gasteiger partial charge is 0.359 e. The Morgan fingerprint density at radius 1 is 0.314 bits per heavy atom. The molecular weight excluding hydrogens is 849 g/mol. The minimum atomic E-state index is -0.243. The molecule has 0 spiro atoms. The van der Waals surface area contributed by atoms with E-state index in [0.29, 0.717) is 0 Å². The first-order valence-electron chi connectivity index (χ1n) is 23.9. The van der Waals surface area contributed by atoms with E-state index in [1.54, 1.807) is 0 Å². The Balaban J connectivity index is 1.01. The number of hydrogen-bond donors (Lipinski definition) is 1. The monoisotopic (exact) mass is 890 g/mol. The number of para-hydroxylation sites is 2. The molecule has 14 rings (SSSR count). The number of nitrogens with zero attached hydrogens (tertiary/aromatic N) is 3. The van der Waals surface area contributed by atoms with Gasteiger partial charge in [0, 0.05) is 51.0 Å². The van der Waals surface area contributed by atoms with Crippen molar-refractivity contribution in [1.82, 2.24) is 15.3 Å². The second-order valence-electron chi connectivity index (χ2n) is 18.4. The smallest absolute Gasteiger partial charge is 0.134 e. The van der Waals surface area contributed by atoms with Crippen LogP contribution in [0.15, 0.2) is 248 Å². The zero-order chi connectivity index (χ0) is 46.1. The van der Waals surface area contributed by atoms with Crippen molar-refractivity contribution in [2.75, 3.05) is 0 Å². The second kappa shape index (κ2) is 16.2. The predicted molar refractivity (Wildman–Crippen MR) is 293 cm³/mol. The summed E-state index contributed by atoms with van der Waals surface area (Å²) in [7, 11) is 0. The quantitative estimate of drug-likeness (QED) is 0.169. The van der Waals surface area contributed by atoms with Crippen LogP contribution in [0.2, 0.25) is 0 Å². The molecule has 1 unspecified atom stereocenters. The molecule has 1 atom stereocenters. The summed E-state index contributed by atoms with van der Waals surface area (Å²) in [5, 5.41) is 16.0. The van der Waals surface area contributed by atoms with Crippen molar-refractivity contribution in [1.29, 1.82) is 0 Å². The van der Waals surface area contributed by atoms with E-state index < -0.39 is 0 Å². The van der Waals surface area contributed by atoms with Crippen LogP contribution in [0.1, 0.15) is 22.7 Å². The highest BCUT2D eigenvalue weighted by molar-refractivity contribution is 6.17. The average molecular weight is 891 g/mol. The summed E-state index contributed by atoms with van der Waals surface area (Å²) < 4.78 is 0. The number of fused-ring (bicyclic) bond motifs is 9. The number of rotatable bonds is 6. The molecule has 326 valence electrons. The lowest BCUT2D eigenvalue weighted by Gasteiger charge is -2.30. The Morgan fingerprint density at radius 3 is 1.36 bits per heavy atom. The highest BCUT2D eigenvalue weighted by Gasteiger charge is 2.29. The van der Waals surface area contributed by atoms with Crippen LogP contribution in [-0.2, 0) is 0 Å². The van der Waals surface area contributed by atoms with Gasteiger partial charge in [0.2, 0.25) is 0 Å². The van der Waals surface area contributed by atoms with Gasteiger partial charge in [0.25, 0.3) is 0 Å². The topological polar surface area (TPSA) is 50.2 Å². The summed E-state index contributed by atoms with van der Waals surface area (Å²) in [6, 6.07) is 83.2. The molecule has 0 amide bonds. The average Bonchev–Trinajstić information content (AvgIpc) is 3.44. The van der Waals surface area contributed by atoms with E-state index in [2.05, 4.69) is 224 Å². The van der Waals surface area contributed by atoms with Crippen LogP contribution in [0.4, 0.5) is 5.69 Å². The second-order valence-corrected chi connectivity index (χ2v) is 18.4. The Kier molecular flexibility index (Phi) is 9.24. The Morgan fingerprint density at radius 2 is 0.771 bits per heavy atom. The maximum absolute atomic E-state index is 5.72. The minimum Gasteiger partial charge on any atom is -0.359 e. The zero-order valence-electron chi connectivity index (χ0n) is 38.0. The van der Waals surface area contributed by atoms with Crippen LogP contribution in [0.5, 0.6) is 0 Å². The fraction of sp³-hybridized carbons (Fsp3) is 0.0152. The van der Waals surface area contributed by atoms with E-state index in [0.717, 1.165) is 89.0 Å². The van der Waals surface area contributed by atoms with Crippen molar-refractivity contribution in [2.45, 2.75) is 6.04 Å².